The third kappa shape index (κ3) is 3.52. The molecule has 7 heteroatoms. The Kier molecular flexibility index (Phi) is 4.84. The lowest BCUT2D eigenvalue weighted by Gasteiger charge is -2.36. The normalized spacial score (nSPS) is 23.0. The molecule has 124 valence electrons. The van der Waals surface area contributed by atoms with Crippen LogP contribution in [0.4, 0.5) is 0 Å². The molecule has 6 nitrogen and oxygen atoms in total. The lowest BCUT2D eigenvalue weighted by molar-refractivity contribution is 0.150. The second-order valence-electron chi connectivity index (χ2n) is 6.56. The number of aryl methyl sites for hydroxylation is 1. The molecule has 1 aromatic rings. The molecule has 1 saturated carbocycles. The average Bonchev–Trinajstić information content (AvgIpc) is 2.96. The van der Waals surface area contributed by atoms with E-state index in [9.17, 15) is 8.42 Å². The van der Waals surface area contributed by atoms with Gasteiger partial charge in [0.1, 0.15) is 4.90 Å². The summed E-state index contributed by atoms with van der Waals surface area (Å²) in [5, 5.41) is 3.97. The van der Waals surface area contributed by atoms with Gasteiger partial charge in [0.25, 0.3) is 0 Å². The molecule has 1 aromatic heterocycles. The highest BCUT2D eigenvalue weighted by molar-refractivity contribution is 7.89. The molecule has 22 heavy (non-hydrogen) atoms. The maximum Gasteiger partial charge on any atom is 0.246 e. The first kappa shape index (κ1) is 16.0. The third-order valence-corrected chi connectivity index (χ3v) is 6.74. The van der Waals surface area contributed by atoms with Gasteiger partial charge >= 0.3 is 0 Å². The van der Waals surface area contributed by atoms with Crippen LogP contribution in [-0.4, -0.2) is 60.1 Å². The van der Waals surface area contributed by atoms with Gasteiger partial charge in [-0.15, -0.1) is 0 Å². The summed E-state index contributed by atoms with van der Waals surface area (Å²) in [6.07, 6.45) is 9.80. The van der Waals surface area contributed by atoms with Crippen LogP contribution in [0.1, 0.15) is 32.1 Å². The number of hydrogen-bond acceptors (Lipinski definition) is 4. The van der Waals surface area contributed by atoms with Crippen LogP contribution < -0.4 is 0 Å². The van der Waals surface area contributed by atoms with Crippen LogP contribution in [0.5, 0.6) is 0 Å². The van der Waals surface area contributed by atoms with Crippen molar-refractivity contribution in [3.8, 4) is 0 Å². The molecule has 0 amide bonds. The molecule has 0 atom stereocenters. The molecule has 1 saturated heterocycles. The summed E-state index contributed by atoms with van der Waals surface area (Å²) >= 11 is 0. The Morgan fingerprint density at radius 2 is 1.82 bits per heavy atom. The second-order valence-corrected chi connectivity index (χ2v) is 8.50. The van der Waals surface area contributed by atoms with E-state index in [-0.39, 0.29) is 0 Å². The fourth-order valence-corrected chi connectivity index (χ4v) is 4.98. The first-order valence-electron chi connectivity index (χ1n) is 8.27. The van der Waals surface area contributed by atoms with Crippen LogP contribution >= 0.6 is 0 Å². The van der Waals surface area contributed by atoms with Crippen molar-refractivity contribution in [2.45, 2.75) is 37.0 Å². The molecule has 2 aliphatic rings. The fourth-order valence-electron chi connectivity index (χ4n) is 3.57. The summed E-state index contributed by atoms with van der Waals surface area (Å²) in [6.45, 7) is 4.00. The summed E-state index contributed by atoms with van der Waals surface area (Å²) in [4.78, 5) is 2.74. The van der Waals surface area contributed by atoms with Crippen molar-refractivity contribution < 1.29 is 8.42 Å². The Morgan fingerprint density at radius 3 is 2.41 bits per heavy atom. The topological polar surface area (TPSA) is 58.4 Å². The minimum Gasteiger partial charge on any atom is -0.300 e. The molecule has 1 aliphatic heterocycles. The molecule has 0 spiro atoms. The van der Waals surface area contributed by atoms with E-state index in [4.69, 9.17) is 0 Å². The molecule has 2 heterocycles. The minimum atomic E-state index is -3.37. The Hall–Kier alpha value is -0.920. The molecule has 3 rings (SSSR count). The molecule has 2 fully saturated rings. The SMILES string of the molecule is Cn1cc(S(=O)(=O)N2CCN(CC3CCCCC3)CC2)cn1. The number of rotatable bonds is 4. The van der Waals surface area contributed by atoms with Crippen molar-refractivity contribution in [2.75, 3.05) is 32.7 Å². The van der Waals surface area contributed by atoms with E-state index in [2.05, 4.69) is 10.00 Å². The zero-order chi connectivity index (χ0) is 15.6. The van der Waals surface area contributed by atoms with E-state index >= 15 is 0 Å². The van der Waals surface area contributed by atoms with Crippen LogP contribution in [0.2, 0.25) is 0 Å². The van der Waals surface area contributed by atoms with E-state index < -0.39 is 10.0 Å². The molecule has 0 aromatic carbocycles. The highest BCUT2D eigenvalue weighted by Crippen LogP contribution is 2.25. The second kappa shape index (κ2) is 6.68. The summed E-state index contributed by atoms with van der Waals surface area (Å²) in [5.41, 5.74) is 0. The average molecular weight is 326 g/mol. The molecule has 0 bridgehead atoms. The van der Waals surface area contributed by atoms with Gasteiger partial charge in [0.05, 0.1) is 6.20 Å². The lowest BCUT2D eigenvalue weighted by Crippen LogP contribution is -2.49. The van der Waals surface area contributed by atoms with Crippen LogP contribution in [0.15, 0.2) is 17.3 Å². The van der Waals surface area contributed by atoms with Gasteiger partial charge in [0.15, 0.2) is 0 Å². The van der Waals surface area contributed by atoms with Gasteiger partial charge in [-0.3, -0.25) is 4.68 Å². The van der Waals surface area contributed by atoms with Crippen molar-refractivity contribution in [2.24, 2.45) is 13.0 Å². The fraction of sp³-hybridized carbons (Fsp3) is 0.800. The van der Waals surface area contributed by atoms with Crippen molar-refractivity contribution >= 4 is 10.0 Å². The number of aromatic nitrogens is 2. The van der Waals surface area contributed by atoms with Gasteiger partial charge in [-0.2, -0.15) is 9.40 Å². The zero-order valence-electron chi connectivity index (χ0n) is 13.3. The number of nitrogens with zero attached hydrogens (tertiary/aromatic N) is 4. The van der Waals surface area contributed by atoms with Crippen LogP contribution in [0, 0.1) is 5.92 Å². The van der Waals surface area contributed by atoms with Gasteiger partial charge in [-0.25, -0.2) is 8.42 Å². The number of sulfonamides is 1. The van der Waals surface area contributed by atoms with E-state index in [1.54, 1.807) is 17.5 Å². The monoisotopic (exact) mass is 326 g/mol. The highest BCUT2D eigenvalue weighted by atomic mass is 32.2. The van der Waals surface area contributed by atoms with E-state index in [0.717, 1.165) is 25.6 Å². The molecule has 1 aliphatic carbocycles. The van der Waals surface area contributed by atoms with Crippen LogP contribution in [0.3, 0.4) is 0 Å². The largest absolute Gasteiger partial charge is 0.300 e. The predicted octanol–water partition coefficient (Wildman–Crippen LogP) is 1.31. The van der Waals surface area contributed by atoms with E-state index in [1.807, 2.05) is 0 Å². The third-order valence-electron chi connectivity index (χ3n) is 4.89. The quantitative estimate of drug-likeness (QED) is 0.837. The summed E-state index contributed by atoms with van der Waals surface area (Å²) in [6, 6.07) is 0. The Morgan fingerprint density at radius 1 is 1.14 bits per heavy atom. The minimum absolute atomic E-state index is 0.302. The van der Waals surface area contributed by atoms with Gasteiger partial charge in [-0.05, 0) is 18.8 Å². The predicted molar refractivity (Wildman–Crippen MR) is 85.0 cm³/mol. The molecular weight excluding hydrogens is 300 g/mol. The molecular formula is C15H26N4O2S. The Balaban J connectivity index is 1.55. The lowest BCUT2D eigenvalue weighted by atomic mass is 9.89. The summed E-state index contributed by atoms with van der Waals surface area (Å²) in [5.74, 6) is 0.815. The first-order valence-corrected chi connectivity index (χ1v) is 9.71. The van der Waals surface area contributed by atoms with Crippen molar-refractivity contribution in [1.82, 2.24) is 19.0 Å². The Labute approximate surface area is 133 Å². The first-order chi connectivity index (χ1) is 10.6. The van der Waals surface area contributed by atoms with Gasteiger partial charge in [-0.1, -0.05) is 19.3 Å². The van der Waals surface area contributed by atoms with E-state index in [1.165, 1.54) is 43.0 Å². The highest BCUT2D eigenvalue weighted by Gasteiger charge is 2.30. The maximum absolute atomic E-state index is 12.6. The van der Waals surface area contributed by atoms with E-state index in [0.29, 0.717) is 18.0 Å². The van der Waals surface area contributed by atoms with Crippen molar-refractivity contribution in [3.05, 3.63) is 12.4 Å². The molecule has 0 radical (unpaired) electrons. The number of piperazine rings is 1. The zero-order valence-corrected chi connectivity index (χ0v) is 14.1. The Bertz CT molecular complexity index is 584. The number of hydrogen-bond donors (Lipinski definition) is 0. The standard InChI is InChI=1S/C15H26N4O2S/c1-17-13-15(11-16-17)22(20,21)19-9-7-18(8-10-19)12-14-5-3-2-4-6-14/h11,13-14H,2-10,12H2,1H3. The molecule has 0 unspecified atom stereocenters. The van der Waals surface area contributed by atoms with Gasteiger partial charge in [0, 0.05) is 46.0 Å². The summed E-state index contributed by atoms with van der Waals surface area (Å²) < 4.78 is 28.2. The summed E-state index contributed by atoms with van der Waals surface area (Å²) in [7, 11) is -1.64. The maximum atomic E-state index is 12.6. The van der Waals surface area contributed by atoms with Gasteiger partial charge < -0.3 is 4.90 Å². The van der Waals surface area contributed by atoms with Crippen molar-refractivity contribution in [3.63, 3.8) is 0 Å². The van der Waals surface area contributed by atoms with Gasteiger partial charge in [0.2, 0.25) is 10.0 Å². The smallest absolute Gasteiger partial charge is 0.246 e. The van der Waals surface area contributed by atoms with Crippen LogP contribution in [0.25, 0.3) is 0 Å². The van der Waals surface area contributed by atoms with Crippen molar-refractivity contribution in [1.29, 1.82) is 0 Å². The molecule has 0 N–H and O–H groups in total. The van der Waals surface area contributed by atoms with Crippen LogP contribution in [-0.2, 0) is 17.1 Å².